The molecular weight excluding hydrogens is 218 g/mol. The van der Waals surface area contributed by atoms with Crippen LogP contribution < -0.4 is 5.32 Å². The molecule has 0 radical (unpaired) electrons. The van der Waals surface area contributed by atoms with Gasteiger partial charge in [0.25, 0.3) is 0 Å². The molecule has 0 unspecified atom stereocenters. The molecule has 1 N–H and O–H groups in total. The van der Waals surface area contributed by atoms with Crippen molar-refractivity contribution >= 4 is 0 Å². The molecule has 0 saturated heterocycles. The minimum atomic E-state index is 0.615. The van der Waals surface area contributed by atoms with Crippen LogP contribution in [0.15, 0.2) is 16.8 Å². The highest BCUT2D eigenvalue weighted by Crippen LogP contribution is 1.98. The van der Waals surface area contributed by atoms with E-state index in [0.29, 0.717) is 5.89 Å². The Morgan fingerprint density at radius 1 is 1.47 bits per heavy atom. The third-order valence-electron chi connectivity index (χ3n) is 2.51. The average Bonchev–Trinajstić information content (AvgIpc) is 2.93. The monoisotopic (exact) mass is 235 g/mol. The number of hydrogen-bond donors (Lipinski definition) is 1. The SMILES string of the molecule is CCn1nccc1CNCCc1noc(C)n1. The van der Waals surface area contributed by atoms with Gasteiger partial charge in [-0.15, -0.1) is 0 Å². The fourth-order valence-corrected chi connectivity index (χ4v) is 1.65. The molecule has 2 aromatic heterocycles. The molecule has 17 heavy (non-hydrogen) atoms. The molecule has 6 nitrogen and oxygen atoms in total. The zero-order valence-corrected chi connectivity index (χ0v) is 10.2. The van der Waals surface area contributed by atoms with E-state index in [2.05, 4.69) is 27.5 Å². The highest BCUT2D eigenvalue weighted by molar-refractivity contribution is 4.99. The number of aryl methyl sites for hydroxylation is 2. The number of nitrogens with zero attached hydrogens (tertiary/aromatic N) is 4. The highest BCUT2D eigenvalue weighted by atomic mass is 16.5. The second-order valence-electron chi connectivity index (χ2n) is 3.79. The molecule has 0 aromatic carbocycles. The molecule has 0 aliphatic heterocycles. The van der Waals surface area contributed by atoms with Gasteiger partial charge in [0.05, 0.1) is 5.69 Å². The predicted molar refractivity (Wildman–Crippen MR) is 62.3 cm³/mol. The van der Waals surface area contributed by atoms with E-state index in [4.69, 9.17) is 4.52 Å². The van der Waals surface area contributed by atoms with Gasteiger partial charge in [-0.2, -0.15) is 10.1 Å². The lowest BCUT2D eigenvalue weighted by atomic mass is 10.3. The second kappa shape index (κ2) is 5.58. The summed E-state index contributed by atoms with van der Waals surface area (Å²) in [5, 5.41) is 11.4. The maximum Gasteiger partial charge on any atom is 0.223 e. The molecule has 6 heteroatoms. The molecule has 0 amide bonds. The first-order valence-electron chi connectivity index (χ1n) is 5.80. The lowest BCUT2D eigenvalue weighted by Gasteiger charge is -2.05. The van der Waals surface area contributed by atoms with Crippen molar-refractivity contribution in [2.75, 3.05) is 6.54 Å². The Hall–Kier alpha value is -1.69. The topological polar surface area (TPSA) is 68.8 Å². The lowest BCUT2D eigenvalue weighted by molar-refractivity contribution is 0.387. The molecule has 2 rings (SSSR count). The van der Waals surface area contributed by atoms with Gasteiger partial charge in [0.1, 0.15) is 0 Å². The van der Waals surface area contributed by atoms with Crippen LogP contribution in [0.1, 0.15) is 24.3 Å². The van der Waals surface area contributed by atoms with Gasteiger partial charge in [0, 0.05) is 39.2 Å². The quantitative estimate of drug-likeness (QED) is 0.754. The summed E-state index contributed by atoms with van der Waals surface area (Å²) >= 11 is 0. The maximum absolute atomic E-state index is 4.90. The van der Waals surface area contributed by atoms with Crippen LogP contribution in [-0.2, 0) is 19.5 Å². The van der Waals surface area contributed by atoms with Gasteiger partial charge >= 0.3 is 0 Å². The third kappa shape index (κ3) is 3.13. The molecule has 0 fully saturated rings. The van der Waals surface area contributed by atoms with E-state index in [1.165, 1.54) is 5.69 Å². The van der Waals surface area contributed by atoms with Gasteiger partial charge in [0.15, 0.2) is 5.82 Å². The molecule has 2 heterocycles. The molecule has 0 bridgehead atoms. The van der Waals surface area contributed by atoms with Crippen molar-refractivity contribution in [3.8, 4) is 0 Å². The van der Waals surface area contributed by atoms with Crippen molar-refractivity contribution in [2.24, 2.45) is 0 Å². The first-order chi connectivity index (χ1) is 8.29. The Kier molecular flexibility index (Phi) is 3.87. The Morgan fingerprint density at radius 2 is 2.35 bits per heavy atom. The van der Waals surface area contributed by atoms with E-state index < -0.39 is 0 Å². The van der Waals surface area contributed by atoms with E-state index >= 15 is 0 Å². The molecule has 0 saturated carbocycles. The second-order valence-corrected chi connectivity index (χ2v) is 3.79. The van der Waals surface area contributed by atoms with E-state index in [1.54, 1.807) is 6.92 Å². The summed E-state index contributed by atoms with van der Waals surface area (Å²) in [4.78, 5) is 4.14. The standard InChI is InChI=1S/C11H17N5O/c1-3-16-10(4-7-13-16)8-12-6-5-11-14-9(2)17-15-11/h4,7,12H,3,5-6,8H2,1-2H3. The van der Waals surface area contributed by atoms with Crippen molar-refractivity contribution in [3.05, 3.63) is 29.7 Å². The maximum atomic E-state index is 4.90. The van der Waals surface area contributed by atoms with Crippen LogP contribution in [-0.4, -0.2) is 26.5 Å². The van der Waals surface area contributed by atoms with Gasteiger partial charge in [-0.1, -0.05) is 5.16 Å². The highest BCUT2D eigenvalue weighted by Gasteiger charge is 2.02. The number of hydrogen-bond acceptors (Lipinski definition) is 5. The Balaban J connectivity index is 1.73. The number of rotatable bonds is 6. The molecule has 0 atom stereocenters. The first kappa shape index (κ1) is 11.8. The van der Waals surface area contributed by atoms with Crippen LogP contribution in [0.2, 0.25) is 0 Å². The summed E-state index contributed by atoms with van der Waals surface area (Å²) in [6.45, 7) is 6.41. The largest absolute Gasteiger partial charge is 0.340 e. The van der Waals surface area contributed by atoms with Gasteiger partial charge in [-0.05, 0) is 13.0 Å². The van der Waals surface area contributed by atoms with E-state index in [1.807, 2.05) is 16.9 Å². The zero-order valence-electron chi connectivity index (χ0n) is 10.2. The van der Waals surface area contributed by atoms with Crippen molar-refractivity contribution in [3.63, 3.8) is 0 Å². The van der Waals surface area contributed by atoms with Crippen LogP contribution in [0.3, 0.4) is 0 Å². The van der Waals surface area contributed by atoms with Crippen LogP contribution >= 0.6 is 0 Å². The van der Waals surface area contributed by atoms with Crippen molar-refractivity contribution in [2.45, 2.75) is 33.4 Å². The van der Waals surface area contributed by atoms with E-state index in [-0.39, 0.29) is 0 Å². The van der Waals surface area contributed by atoms with Crippen LogP contribution in [0.4, 0.5) is 0 Å². The molecule has 2 aromatic rings. The van der Waals surface area contributed by atoms with Gasteiger partial charge < -0.3 is 9.84 Å². The van der Waals surface area contributed by atoms with Gasteiger partial charge in [-0.3, -0.25) is 4.68 Å². The predicted octanol–water partition coefficient (Wildman–Crippen LogP) is 0.927. The summed E-state index contributed by atoms with van der Waals surface area (Å²) in [5.41, 5.74) is 1.19. The normalized spacial score (nSPS) is 10.9. The summed E-state index contributed by atoms with van der Waals surface area (Å²) in [5.74, 6) is 1.36. The van der Waals surface area contributed by atoms with E-state index in [9.17, 15) is 0 Å². The Bertz CT molecular complexity index is 462. The molecule has 0 aliphatic rings. The summed E-state index contributed by atoms with van der Waals surface area (Å²) in [7, 11) is 0. The summed E-state index contributed by atoms with van der Waals surface area (Å²) in [6.07, 6.45) is 2.60. The number of aromatic nitrogens is 4. The Labute approximate surface area is 100 Å². The zero-order chi connectivity index (χ0) is 12.1. The third-order valence-corrected chi connectivity index (χ3v) is 2.51. The molecule has 0 aliphatic carbocycles. The van der Waals surface area contributed by atoms with Crippen LogP contribution in [0, 0.1) is 6.92 Å². The Morgan fingerprint density at radius 3 is 3.06 bits per heavy atom. The van der Waals surface area contributed by atoms with Crippen LogP contribution in [0.5, 0.6) is 0 Å². The molecular formula is C11H17N5O. The fourth-order valence-electron chi connectivity index (χ4n) is 1.65. The van der Waals surface area contributed by atoms with Crippen molar-refractivity contribution in [1.82, 2.24) is 25.2 Å². The fraction of sp³-hybridized carbons (Fsp3) is 0.545. The van der Waals surface area contributed by atoms with Crippen molar-refractivity contribution < 1.29 is 4.52 Å². The lowest BCUT2D eigenvalue weighted by Crippen LogP contribution is -2.19. The van der Waals surface area contributed by atoms with Gasteiger partial charge in [-0.25, -0.2) is 0 Å². The minimum Gasteiger partial charge on any atom is -0.340 e. The van der Waals surface area contributed by atoms with Crippen molar-refractivity contribution in [1.29, 1.82) is 0 Å². The minimum absolute atomic E-state index is 0.615. The van der Waals surface area contributed by atoms with E-state index in [0.717, 1.165) is 31.9 Å². The summed E-state index contributed by atoms with van der Waals surface area (Å²) in [6, 6.07) is 2.02. The molecule has 92 valence electrons. The smallest absolute Gasteiger partial charge is 0.223 e. The number of nitrogens with one attached hydrogen (secondary N) is 1. The van der Waals surface area contributed by atoms with Gasteiger partial charge in [0.2, 0.25) is 5.89 Å². The molecule has 0 spiro atoms. The summed E-state index contributed by atoms with van der Waals surface area (Å²) < 4.78 is 6.88. The van der Waals surface area contributed by atoms with Crippen LogP contribution in [0.25, 0.3) is 0 Å². The average molecular weight is 235 g/mol. The first-order valence-corrected chi connectivity index (χ1v) is 5.80.